The van der Waals surface area contributed by atoms with Gasteiger partial charge >= 0.3 is 5.97 Å². The van der Waals surface area contributed by atoms with Crippen molar-refractivity contribution in [2.45, 2.75) is 10.6 Å². The van der Waals surface area contributed by atoms with E-state index in [4.69, 9.17) is 10.4 Å². The third-order valence-corrected chi connectivity index (χ3v) is 3.53. The highest BCUT2D eigenvalue weighted by atomic mass is 32.2. The Morgan fingerprint density at radius 1 is 1.32 bits per heavy atom. The van der Waals surface area contributed by atoms with Gasteiger partial charge in [-0.15, -0.1) is 11.8 Å². The number of pyridine rings is 1. The van der Waals surface area contributed by atoms with E-state index in [-0.39, 0.29) is 5.56 Å². The van der Waals surface area contributed by atoms with Crippen molar-refractivity contribution >= 4 is 17.7 Å². The SMILES string of the molecule is N#Cc1cc(CSc2ccc(C(=O)O)cc2)ccn1. The van der Waals surface area contributed by atoms with Crippen LogP contribution in [0.3, 0.4) is 0 Å². The Hall–Kier alpha value is -2.32. The van der Waals surface area contributed by atoms with E-state index in [0.29, 0.717) is 11.4 Å². The Balaban J connectivity index is 2.02. The van der Waals surface area contributed by atoms with Crippen molar-refractivity contribution in [3.05, 3.63) is 59.4 Å². The number of benzene rings is 1. The molecule has 0 bridgehead atoms. The van der Waals surface area contributed by atoms with Crippen LogP contribution < -0.4 is 0 Å². The molecule has 1 aromatic heterocycles. The van der Waals surface area contributed by atoms with Crippen LogP contribution in [0.4, 0.5) is 0 Å². The smallest absolute Gasteiger partial charge is 0.335 e. The van der Waals surface area contributed by atoms with E-state index in [0.717, 1.165) is 10.5 Å². The van der Waals surface area contributed by atoms with Crippen LogP contribution in [0.2, 0.25) is 0 Å². The molecule has 0 aliphatic carbocycles. The van der Waals surface area contributed by atoms with Crippen molar-refractivity contribution in [2.24, 2.45) is 0 Å². The molecule has 0 amide bonds. The Bertz CT molecular complexity index is 633. The predicted molar refractivity (Wildman–Crippen MR) is 71.9 cm³/mol. The van der Waals surface area contributed by atoms with E-state index in [1.54, 1.807) is 48.3 Å². The second-order valence-electron chi connectivity index (χ2n) is 3.78. The van der Waals surface area contributed by atoms with Crippen molar-refractivity contribution in [1.29, 1.82) is 5.26 Å². The van der Waals surface area contributed by atoms with Crippen molar-refractivity contribution in [2.75, 3.05) is 0 Å². The lowest BCUT2D eigenvalue weighted by Crippen LogP contribution is -1.94. The number of hydrogen-bond donors (Lipinski definition) is 1. The lowest BCUT2D eigenvalue weighted by atomic mass is 10.2. The van der Waals surface area contributed by atoms with E-state index >= 15 is 0 Å². The molecule has 94 valence electrons. The van der Waals surface area contributed by atoms with Gasteiger partial charge in [0.1, 0.15) is 11.8 Å². The largest absolute Gasteiger partial charge is 0.478 e. The van der Waals surface area contributed by atoms with E-state index < -0.39 is 5.97 Å². The standard InChI is InChI=1S/C14H10N2O2S/c15-8-12-7-10(5-6-16-12)9-19-13-3-1-11(2-4-13)14(17)18/h1-7H,9H2,(H,17,18). The number of carboxylic acid groups (broad SMARTS) is 1. The second-order valence-corrected chi connectivity index (χ2v) is 4.83. The number of hydrogen-bond acceptors (Lipinski definition) is 4. The number of carboxylic acids is 1. The van der Waals surface area contributed by atoms with Gasteiger partial charge in [-0.05, 0) is 42.0 Å². The van der Waals surface area contributed by atoms with E-state index in [2.05, 4.69) is 4.98 Å². The number of rotatable bonds is 4. The molecule has 1 N–H and O–H groups in total. The van der Waals surface area contributed by atoms with Gasteiger partial charge < -0.3 is 5.11 Å². The number of nitriles is 1. The highest BCUT2D eigenvalue weighted by Gasteiger charge is 2.03. The van der Waals surface area contributed by atoms with Crippen molar-refractivity contribution in [3.8, 4) is 6.07 Å². The predicted octanol–water partition coefficient (Wildman–Crippen LogP) is 2.94. The van der Waals surface area contributed by atoms with Gasteiger partial charge in [0.2, 0.25) is 0 Å². The monoisotopic (exact) mass is 270 g/mol. The van der Waals surface area contributed by atoms with Crippen LogP contribution in [0.5, 0.6) is 0 Å². The lowest BCUT2D eigenvalue weighted by molar-refractivity contribution is 0.0697. The fraction of sp³-hybridized carbons (Fsp3) is 0.0714. The Labute approximate surface area is 114 Å². The summed E-state index contributed by atoms with van der Waals surface area (Å²) in [5.74, 6) is -0.215. The summed E-state index contributed by atoms with van der Waals surface area (Å²) < 4.78 is 0. The molecule has 0 unspecified atom stereocenters. The Morgan fingerprint density at radius 3 is 2.68 bits per heavy atom. The summed E-state index contributed by atoms with van der Waals surface area (Å²) in [5, 5.41) is 17.6. The third-order valence-electron chi connectivity index (χ3n) is 2.45. The molecule has 4 nitrogen and oxygen atoms in total. The quantitative estimate of drug-likeness (QED) is 0.864. The number of thioether (sulfide) groups is 1. The van der Waals surface area contributed by atoms with Crippen LogP contribution in [-0.2, 0) is 5.75 Å². The third kappa shape index (κ3) is 3.57. The van der Waals surface area contributed by atoms with Gasteiger partial charge in [-0.25, -0.2) is 9.78 Å². The number of aromatic nitrogens is 1. The Morgan fingerprint density at radius 2 is 2.05 bits per heavy atom. The summed E-state index contributed by atoms with van der Waals surface area (Å²) in [6, 6.07) is 12.3. The van der Waals surface area contributed by atoms with Crippen LogP contribution in [0.1, 0.15) is 21.6 Å². The molecule has 1 heterocycles. The normalized spacial score (nSPS) is 9.84. The molecule has 0 atom stereocenters. The van der Waals surface area contributed by atoms with Gasteiger partial charge in [0, 0.05) is 16.8 Å². The van der Waals surface area contributed by atoms with Gasteiger partial charge in [0.15, 0.2) is 0 Å². The molecule has 5 heteroatoms. The molecule has 0 aliphatic rings. The number of nitrogens with zero attached hydrogens (tertiary/aromatic N) is 2. The first-order valence-corrected chi connectivity index (χ1v) is 6.49. The summed E-state index contributed by atoms with van der Waals surface area (Å²) in [7, 11) is 0. The fourth-order valence-corrected chi connectivity index (χ4v) is 2.33. The van der Waals surface area contributed by atoms with Crippen molar-refractivity contribution in [3.63, 3.8) is 0 Å². The van der Waals surface area contributed by atoms with Crippen LogP contribution in [0, 0.1) is 11.3 Å². The second kappa shape index (κ2) is 6.03. The van der Waals surface area contributed by atoms with Gasteiger partial charge in [-0.3, -0.25) is 0 Å². The molecule has 0 spiro atoms. The first kappa shape index (κ1) is 13.1. The zero-order chi connectivity index (χ0) is 13.7. The molecule has 2 rings (SSSR count). The van der Waals surface area contributed by atoms with Gasteiger partial charge in [-0.2, -0.15) is 5.26 Å². The van der Waals surface area contributed by atoms with Crippen molar-refractivity contribution in [1.82, 2.24) is 4.98 Å². The topological polar surface area (TPSA) is 74.0 Å². The van der Waals surface area contributed by atoms with Crippen LogP contribution >= 0.6 is 11.8 Å². The van der Waals surface area contributed by atoms with Gasteiger partial charge in [0.25, 0.3) is 0 Å². The molecule has 0 saturated carbocycles. The van der Waals surface area contributed by atoms with Crippen molar-refractivity contribution < 1.29 is 9.90 Å². The summed E-state index contributed by atoms with van der Waals surface area (Å²) in [5.41, 5.74) is 1.69. The van der Waals surface area contributed by atoms with E-state index in [1.807, 2.05) is 12.1 Å². The maximum absolute atomic E-state index is 10.7. The van der Waals surface area contributed by atoms with Crippen LogP contribution in [0.15, 0.2) is 47.5 Å². The molecule has 1 aromatic carbocycles. The fourth-order valence-electron chi connectivity index (χ4n) is 1.49. The lowest BCUT2D eigenvalue weighted by Gasteiger charge is -2.02. The number of aromatic carboxylic acids is 1. The zero-order valence-corrected chi connectivity index (χ0v) is 10.7. The molecule has 0 radical (unpaired) electrons. The molecular formula is C14H10N2O2S. The summed E-state index contributed by atoms with van der Waals surface area (Å²) >= 11 is 1.58. The minimum absolute atomic E-state index is 0.278. The number of carbonyl (C=O) groups is 1. The molecule has 0 saturated heterocycles. The average molecular weight is 270 g/mol. The maximum Gasteiger partial charge on any atom is 0.335 e. The zero-order valence-electron chi connectivity index (χ0n) is 9.91. The van der Waals surface area contributed by atoms with Crippen LogP contribution in [-0.4, -0.2) is 16.1 Å². The minimum atomic E-state index is -0.927. The highest BCUT2D eigenvalue weighted by Crippen LogP contribution is 2.23. The highest BCUT2D eigenvalue weighted by molar-refractivity contribution is 7.98. The van der Waals surface area contributed by atoms with E-state index in [1.165, 1.54) is 0 Å². The summed E-state index contributed by atoms with van der Waals surface area (Å²) in [6.45, 7) is 0. The first-order valence-electron chi connectivity index (χ1n) is 5.50. The molecule has 0 fully saturated rings. The van der Waals surface area contributed by atoms with Gasteiger partial charge in [0.05, 0.1) is 5.56 Å². The Kier molecular flexibility index (Phi) is 4.16. The van der Waals surface area contributed by atoms with E-state index in [9.17, 15) is 4.79 Å². The molecule has 0 aliphatic heterocycles. The molecule has 2 aromatic rings. The summed E-state index contributed by atoms with van der Waals surface area (Å²) in [6.07, 6.45) is 1.61. The van der Waals surface area contributed by atoms with Crippen LogP contribution in [0.25, 0.3) is 0 Å². The molecular weight excluding hydrogens is 260 g/mol. The maximum atomic E-state index is 10.7. The van der Waals surface area contributed by atoms with Gasteiger partial charge in [-0.1, -0.05) is 0 Å². The minimum Gasteiger partial charge on any atom is -0.478 e. The summed E-state index contributed by atoms with van der Waals surface area (Å²) in [4.78, 5) is 15.6. The first-order chi connectivity index (χ1) is 9.19. The molecule has 19 heavy (non-hydrogen) atoms. The average Bonchev–Trinajstić information content (AvgIpc) is 2.46.